The van der Waals surface area contributed by atoms with E-state index in [-0.39, 0.29) is 24.4 Å². The summed E-state index contributed by atoms with van der Waals surface area (Å²) in [6.07, 6.45) is 0.309. The van der Waals surface area contributed by atoms with Gasteiger partial charge in [-0.2, -0.15) is 0 Å². The Kier molecular flexibility index (Phi) is 5.62. The van der Waals surface area contributed by atoms with Gasteiger partial charge in [-0.15, -0.1) is 0 Å². The Bertz CT molecular complexity index is 993. The maximum Gasteiger partial charge on any atom is 0.238 e. The van der Waals surface area contributed by atoms with Crippen LogP contribution in [0.2, 0.25) is 5.02 Å². The zero-order valence-electron chi connectivity index (χ0n) is 16.3. The van der Waals surface area contributed by atoms with E-state index in [0.29, 0.717) is 37.4 Å². The normalized spacial score (nSPS) is 18.9. The second kappa shape index (κ2) is 8.20. The Morgan fingerprint density at radius 2 is 1.97 bits per heavy atom. The van der Waals surface area contributed by atoms with Crippen molar-refractivity contribution in [2.24, 2.45) is 0 Å². The van der Waals surface area contributed by atoms with Gasteiger partial charge in [0, 0.05) is 42.7 Å². The SMILES string of the molecule is C[C@@H]1CN(c2cc(F)c(Cl)c(F)c2)CCN1CC(=O)Nc1ccc2c(c1)CC(=O)N2. The number of nitrogens with zero attached hydrogens (tertiary/aromatic N) is 2. The Hall–Kier alpha value is -2.71. The number of amides is 2. The van der Waals surface area contributed by atoms with Crippen molar-refractivity contribution in [3.63, 3.8) is 0 Å². The predicted octanol–water partition coefficient (Wildman–Crippen LogP) is 3.26. The number of hydrogen-bond donors (Lipinski definition) is 2. The molecule has 0 radical (unpaired) electrons. The Morgan fingerprint density at radius 3 is 2.67 bits per heavy atom. The summed E-state index contributed by atoms with van der Waals surface area (Å²) < 4.78 is 27.5. The highest BCUT2D eigenvalue weighted by molar-refractivity contribution is 6.31. The molecule has 0 bridgehead atoms. The van der Waals surface area contributed by atoms with Crippen molar-refractivity contribution >= 4 is 40.5 Å². The number of carbonyl (C=O) groups is 2. The fourth-order valence-electron chi connectivity index (χ4n) is 3.88. The van der Waals surface area contributed by atoms with Gasteiger partial charge in [0.15, 0.2) is 0 Å². The zero-order valence-corrected chi connectivity index (χ0v) is 17.1. The van der Waals surface area contributed by atoms with Crippen LogP contribution in [0.4, 0.5) is 25.8 Å². The Balaban J connectivity index is 1.35. The van der Waals surface area contributed by atoms with Gasteiger partial charge in [-0.05, 0) is 42.8 Å². The van der Waals surface area contributed by atoms with Crippen LogP contribution in [-0.4, -0.2) is 48.9 Å². The van der Waals surface area contributed by atoms with Crippen molar-refractivity contribution in [1.82, 2.24) is 4.90 Å². The fraction of sp³-hybridized carbons (Fsp3) is 0.333. The molecule has 30 heavy (non-hydrogen) atoms. The van der Waals surface area contributed by atoms with Gasteiger partial charge in [0.25, 0.3) is 0 Å². The molecule has 2 aliphatic heterocycles. The van der Waals surface area contributed by atoms with E-state index < -0.39 is 16.7 Å². The molecule has 0 aliphatic carbocycles. The van der Waals surface area contributed by atoms with Crippen LogP contribution in [0.5, 0.6) is 0 Å². The maximum atomic E-state index is 13.8. The molecule has 0 unspecified atom stereocenters. The number of carbonyl (C=O) groups excluding carboxylic acids is 2. The van der Waals surface area contributed by atoms with Gasteiger partial charge < -0.3 is 15.5 Å². The van der Waals surface area contributed by atoms with Crippen molar-refractivity contribution < 1.29 is 18.4 Å². The highest BCUT2D eigenvalue weighted by Gasteiger charge is 2.27. The first-order chi connectivity index (χ1) is 14.3. The number of rotatable bonds is 4. The molecule has 0 spiro atoms. The van der Waals surface area contributed by atoms with Crippen molar-refractivity contribution in [2.75, 3.05) is 41.7 Å². The lowest BCUT2D eigenvalue weighted by Crippen LogP contribution is -2.53. The first-order valence-corrected chi connectivity index (χ1v) is 10.0. The van der Waals surface area contributed by atoms with E-state index in [9.17, 15) is 18.4 Å². The number of hydrogen-bond acceptors (Lipinski definition) is 4. The number of piperazine rings is 1. The summed E-state index contributed by atoms with van der Waals surface area (Å²) in [5.41, 5.74) is 2.72. The molecule has 2 aliphatic rings. The molecule has 2 amide bonds. The first kappa shape index (κ1) is 20.6. The van der Waals surface area contributed by atoms with Crippen molar-refractivity contribution in [2.45, 2.75) is 19.4 Å². The summed E-state index contributed by atoms with van der Waals surface area (Å²) in [5.74, 6) is -1.78. The van der Waals surface area contributed by atoms with E-state index in [1.54, 1.807) is 18.2 Å². The lowest BCUT2D eigenvalue weighted by atomic mass is 10.1. The third kappa shape index (κ3) is 4.24. The van der Waals surface area contributed by atoms with Crippen LogP contribution in [0.25, 0.3) is 0 Å². The average Bonchev–Trinajstić information content (AvgIpc) is 3.06. The third-order valence-electron chi connectivity index (χ3n) is 5.46. The molecule has 1 saturated heterocycles. The smallest absolute Gasteiger partial charge is 0.238 e. The molecule has 158 valence electrons. The number of halogens is 3. The molecule has 2 N–H and O–H groups in total. The third-order valence-corrected chi connectivity index (χ3v) is 5.82. The van der Waals surface area contributed by atoms with Crippen molar-refractivity contribution in [1.29, 1.82) is 0 Å². The minimum Gasteiger partial charge on any atom is -0.369 e. The Morgan fingerprint density at radius 1 is 1.23 bits per heavy atom. The number of benzene rings is 2. The lowest BCUT2D eigenvalue weighted by Gasteiger charge is -2.40. The maximum absolute atomic E-state index is 13.8. The molecule has 9 heteroatoms. The minimum atomic E-state index is -0.785. The quantitative estimate of drug-likeness (QED) is 0.725. The summed E-state index contributed by atoms with van der Waals surface area (Å²) in [6.45, 7) is 3.80. The predicted molar refractivity (Wildman–Crippen MR) is 112 cm³/mol. The standard InChI is InChI=1S/C21H21ClF2N4O2/c1-12-10-28(15-8-16(23)21(22)17(24)9-15)5-4-27(12)11-20(30)25-14-2-3-18-13(6-14)7-19(29)26-18/h2-3,6,8-9,12H,4-5,7,10-11H2,1H3,(H,25,30)(H,26,29)/t12-/m1/s1. The van der Waals surface area contributed by atoms with Crippen molar-refractivity contribution in [3.05, 3.63) is 52.6 Å². The van der Waals surface area contributed by atoms with Gasteiger partial charge in [0.1, 0.15) is 16.7 Å². The molecule has 1 fully saturated rings. The lowest BCUT2D eigenvalue weighted by molar-refractivity contribution is -0.118. The molecule has 6 nitrogen and oxygen atoms in total. The first-order valence-electron chi connectivity index (χ1n) is 9.66. The monoisotopic (exact) mass is 434 g/mol. The summed E-state index contributed by atoms with van der Waals surface area (Å²) in [4.78, 5) is 27.9. The molecule has 0 saturated carbocycles. The average molecular weight is 435 g/mol. The largest absolute Gasteiger partial charge is 0.369 e. The number of nitrogens with one attached hydrogen (secondary N) is 2. The molecule has 4 rings (SSSR count). The minimum absolute atomic E-state index is 0.00754. The summed E-state index contributed by atoms with van der Waals surface area (Å²) in [5, 5.41) is 5.12. The fourth-order valence-corrected chi connectivity index (χ4v) is 3.99. The van der Waals surface area contributed by atoms with Gasteiger partial charge in [-0.3, -0.25) is 14.5 Å². The van der Waals surface area contributed by atoms with Crippen LogP contribution in [0.3, 0.4) is 0 Å². The highest BCUT2D eigenvalue weighted by Crippen LogP contribution is 2.28. The Labute approximate surface area is 177 Å². The molecule has 2 heterocycles. The van der Waals surface area contributed by atoms with E-state index in [4.69, 9.17) is 11.6 Å². The van der Waals surface area contributed by atoms with Gasteiger partial charge in [-0.25, -0.2) is 8.78 Å². The zero-order chi connectivity index (χ0) is 21.4. The number of anilines is 3. The van der Waals surface area contributed by atoms with Gasteiger partial charge in [0.2, 0.25) is 11.8 Å². The molecule has 0 aromatic heterocycles. The second-order valence-electron chi connectivity index (χ2n) is 7.63. The van der Waals surface area contributed by atoms with Crippen LogP contribution in [0.15, 0.2) is 30.3 Å². The van der Waals surface area contributed by atoms with E-state index in [1.165, 1.54) is 12.1 Å². The van der Waals surface area contributed by atoms with E-state index in [1.807, 2.05) is 16.7 Å². The summed E-state index contributed by atoms with van der Waals surface area (Å²) >= 11 is 5.56. The van der Waals surface area contributed by atoms with E-state index in [0.717, 1.165) is 11.3 Å². The number of fused-ring (bicyclic) bond motifs is 1. The van der Waals surface area contributed by atoms with Crippen LogP contribution >= 0.6 is 11.6 Å². The van der Waals surface area contributed by atoms with Gasteiger partial charge >= 0.3 is 0 Å². The molecular weight excluding hydrogens is 414 g/mol. The highest BCUT2D eigenvalue weighted by atomic mass is 35.5. The van der Waals surface area contributed by atoms with Crippen LogP contribution < -0.4 is 15.5 Å². The topological polar surface area (TPSA) is 64.7 Å². The molecule has 2 aromatic rings. The second-order valence-corrected chi connectivity index (χ2v) is 8.01. The molecular formula is C21H21ClF2N4O2. The van der Waals surface area contributed by atoms with Crippen LogP contribution in [0, 0.1) is 11.6 Å². The summed E-state index contributed by atoms with van der Waals surface area (Å²) in [6, 6.07) is 7.81. The van der Waals surface area contributed by atoms with Gasteiger partial charge in [0.05, 0.1) is 13.0 Å². The molecule has 1 atom stereocenters. The van der Waals surface area contributed by atoms with Crippen LogP contribution in [-0.2, 0) is 16.0 Å². The van der Waals surface area contributed by atoms with E-state index in [2.05, 4.69) is 10.6 Å². The van der Waals surface area contributed by atoms with E-state index >= 15 is 0 Å². The van der Waals surface area contributed by atoms with Crippen LogP contribution in [0.1, 0.15) is 12.5 Å². The van der Waals surface area contributed by atoms with Crippen molar-refractivity contribution in [3.8, 4) is 0 Å². The summed E-state index contributed by atoms with van der Waals surface area (Å²) in [7, 11) is 0. The molecule has 2 aromatic carbocycles. The van der Waals surface area contributed by atoms with Gasteiger partial charge in [-0.1, -0.05) is 11.6 Å².